The number of fused-ring (bicyclic) bond motifs is 1. The number of carbonyl (C=O) groups excluding carboxylic acids is 2. The van der Waals surface area contributed by atoms with E-state index in [0.717, 1.165) is 51.1 Å². The Balaban J connectivity index is 1.17. The van der Waals surface area contributed by atoms with E-state index in [1.807, 2.05) is 36.9 Å². The zero-order valence-electron chi connectivity index (χ0n) is 21.2. The fraction of sp³-hybridized carbons (Fsp3) is 0.517. The van der Waals surface area contributed by atoms with E-state index in [-0.39, 0.29) is 29.6 Å². The van der Waals surface area contributed by atoms with Crippen LogP contribution in [0.5, 0.6) is 0 Å². The summed E-state index contributed by atoms with van der Waals surface area (Å²) in [6.45, 7) is 9.10. The van der Waals surface area contributed by atoms with E-state index in [2.05, 4.69) is 22.3 Å². The van der Waals surface area contributed by atoms with E-state index >= 15 is 0 Å². The fourth-order valence-electron chi connectivity index (χ4n) is 6.19. The summed E-state index contributed by atoms with van der Waals surface area (Å²) in [7, 11) is 0. The van der Waals surface area contributed by atoms with Gasteiger partial charge in [0.1, 0.15) is 5.82 Å². The van der Waals surface area contributed by atoms with Crippen molar-refractivity contribution in [2.45, 2.75) is 32.7 Å². The fourth-order valence-corrected chi connectivity index (χ4v) is 6.19. The van der Waals surface area contributed by atoms with Crippen LogP contribution in [0.15, 0.2) is 42.5 Å². The largest absolute Gasteiger partial charge is 0.381 e. The lowest BCUT2D eigenvalue weighted by atomic mass is 10.0. The SMILES string of the molecule is Cc1cc(F)cc(C)c1C(=O)N1CC2CN(CCC(NC(=O)C3CCOC3)c3ccccc3)C[C@H]2C1. The molecule has 3 aliphatic heterocycles. The number of likely N-dealkylation sites (tertiary alicyclic amines) is 2. The maximum Gasteiger partial charge on any atom is 0.254 e. The first-order chi connectivity index (χ1) is 17.4. The van der Waals surface area contributed by atoms with Gasteiger partial charge >= 0.3 is 0 Å². The van der Waals surface area contributed by atoms with Crippen molar-refractivity contribution in [3.63, 3.8) is 0 Å². The van der Waals surface area contributed by atoms with Crippen LogP contribution in [0.3, 0.4) is 0 Å². The van der Waals surface area contributed by atoms with Crippen LogP contribution in [-0.4, -0.2) is 67.6 Å². The standard InChI is InChI=1S/C29H36FN3O3/c1-19-12-25(30)13-20(2)27(19)29(35)33-16-23-14-32(15-24(23)17-33)10-8-26(21-6-4-3-5-7-21)31-28(34)22-9-11-36-18-22/h3-7,12-13,22-24,26H,8-11,14-18H2,1-2H3,(H,31,34)/t22?,23-,24?,26?/m0/s1. The molecule has 3 fully saturated rings. The topological polar surface area (TPSA) is 61.9 Å². The van der Waals surface area contributed by atoms with Crippen molar-refractivity contribution >= 4 is 11.8 Å². The minimum Gasteiger partial charge on any atom is -0.381 e. The Morgan fingerprint density at radius 2 is 1.72 bits per heavy atom. The summed E-state index contributed by atoms with van der Waals surface area (Å²) in [5.41, 5.74) is 3.18. The summed E-state index contributed by atoms with van der Waals surface area (Å²) >= 11 is 0. The van der Waals surface area contributed by atoms with Crippen molar-refractivity contribution in [3.05, 3.63) is 70.5 Å². The number of amides is 2. The van der Waals surface area contributed by atoms with E-state index in [1.54, 1.807) is 0 Å². The highest BCUT2D eigenvalue weighted by Gasteiger charge is 2.42. The molecule has 2 aromatic rings. The second-order valence-corrected chi connectivity index (χ2v) is 10.7. The predicted molar refractivity (Wildman–Crippen MR) is 136 cm³/mol. The smallest absolute Gasteiger partial charge is 0.254 e. The van der Waals surface area contributed by atoms with E-state index in [4.69, 9.17) is 4.74 Å². The van der Waals surface area contributed by atoms with Crippen molar-refractivity contribution in [2.24, 2.45) is 17.8 Å². The molecule has 6 nitrogen and oxygen atoms in total. The summed E-state index contributed by atoms with van der Waals surface area (Å²) in [6.07, 6.45) is 1.63. The van der Waals surface area contributed by atoms with Crippen LogP contribution in [0.25, 0.3) is 0 Å². The van der Waals surface area contributed by atoms with Gasteiger partial charge in [0.05, 0.1) is 18.6 Å². The summed E-state index contributed by atoms with van der Waals surface area (Å²) in [4.78, 5) is 30.5. The molecule has 3 saturated heterocycles. The molecule has 0 spiro atoms. The molecule has 0 bridgehead atoms. The van der Waals surface area contributed by atoms with Gasteiger partial charge in [-0.25, -0.2) is 4.39 Å². The first-order valence-electron chi connectivity index (χ1n) is 13.1. The minimum absolute atomic E-state index is 0.0219. The van der Waals surface area contributed by atoms with Crippen LogP contribution in [0.1, 0.15) is 45.9 Å². The van der Waals surface area contributed by atoms with E-state index in [0.29, 0.717) is 41.7 Å². The van der Waals surface area contributed by atoms with Crippen LogP contribution in [0.4, 0.5) is 4.39 Å². The van der Waals surface area contributed by atoms with Gasteiger partial charge in [0.15, 0.2) is 0 Å². The molecule has 3 aliphatic rings. The number of nitrogens with zero attached hydrogens (tertiary/aromatic N) is 2. The third-order valence-corrected chi connectivity index (χ3v) is 8.11. The third-order valence-electron chi connectivity index (χ3n) is 8.11. The first-order valence-corrected chi connectivity index (χ1v) is 13.1. The number of hydrogen-bond donors (Lipinski definition) is 1. The normalized spacial score (nSPS) is 24.6. The molecular weight excluding hydrogens is 457 g/mol. The number of carbonyl (C=O) groups is 2. The zero-order chi connectivity index (χ0) is 25.2. The molecule has 3 heterocycles. The zero-order valence-corrected chi connectivity index (χ0v) is 21.2. The molecule has 4 atom stereocenters. The van der Waals surface area contributed by atoms with Gasteiger partial charge in [-0.3, -0.25) is 9.59 Å². The molecule has 0 aromatic heterocycles. The molecule has 0 saturated carbocycles. The average molecular weight is 494 g/mol. The highest BCUT2D eigenvalue weighted by molar-refractivity contribution is 5.97. The molecule has 3 unspecified atom stereocenters. The monoisotopic (exact) mass is 493 g/mol. The van der Waals surface area contributed by atoms with Gasteiger partial charge in [-0.1, -0.05) is 30.3 Å². The lowest BCUT2D eigenvalue weighted by molar-refractivity contribution is -0.125. The lowest BCUT2D eigenvalue weighted by Crippen LogP contribution is -2.37. The highest BCUT2D eigenvalue weighted by Crippen LogP contribution is 2.33. The lowest BCUT2D eigenvalue weighted by Gasteiger charge is -2.26. The summed E-state index contributed by atoms with van der Waals surface area (Å²) in [6, 6.07) is 13.1. The van der Waals surface area contributed by atoms with Gasteiger partial charge in [0, 0.05) is 44.9 Å². The molecule has 192 valence electrons. The van der Waals surface area contributed by atoms with Gasteiger partial charge in [0.2, 0.25) is 5.91 Å². The number of rotatable bonds is 7. The van der Waals surface area contributed by atoms with Gasteiger partial charge in [0.25, 0.3) is 5.91 Å². The molecule has 0 radical (unpaired) electrons. The molecule has 7 heteroatoms. The van der Waals surface area contributed by atoms with Crippen molar-refractivity contribution in [2.75, 3.05) is 45.9 Å². The number of hydrogen-bond acceptors (Lipinski definition) is 4. The molecule has 1 N–H and O–H groups in total. The maximum absolute atomic E-state index is 13.7. The number of aryl methyl sites for hydroxylation is 2. The second kappa shape index (κ2) is 10.7. The predicted octanol–water partition coefficient (Wildman–Crippen LogP) is 3.73. The Hall–Kier alpha value is -2.77. The number of halogens is 1. The van der Waals surface area contributed by atoms with Crippen LogP contribution >= 0.6 is 0 Å². The molecule has 36 heavy (non-hydrogen) atoms. The summed E-state index contributed by atoms with van der Waals surface area (Å²) in [5.74, 6) is 0.663. The van der Waals surface area contributed by atoms with Crippen molar-refractivity contribution in [3.8, 4) is 0 Å². The molecule has 2 aromatic carbocycles. The van der Waals surface area contributed by atoms with E-state index < -0.39 is 0 Å². The second-order valence-electron chi connectivity index (χ2n) is 10.7. The van der Waals surface area contributed by atoms with Crippen LogP contribution in [0.2, 0.25) is 0 Å². The van der Waals surface area contributed by atoms with Gasteiger partial charge in [-0.05, 0) is 67.3 Å². The van der Waals surface area contributed by atoms with Gasteiger partial charge in [-0.15, -0.1) is 0 Å². The van der Waals surface area contributed by atoms with Crippen molar-refractivity contribution < 1.29 is 18.7 Å². The Kier molecular flexibility index (Phi) is 7.39. The van der Waals surface area contributed by atoms with Gasteiger partial charge < -0.3 is 19.9 Å². The summed E-state index contributed by atoms with van der Waals surface area (Å²) < 4.78 is 19.1. The number of ether oxygens (including phenoxy) is 1. The third kappa shape index (κ3) is 5.32. The average Bonchev–Trinajstić information content (AvgIpc) is 3.58. The van der Waals surface area contributed by atoms with E-state index in [1.165, 1.54) is 12.1 Å². The Morgan fingerprint density at radius 1 is 1.06 bits per heavy atom. The number of benzene rings is 2. The first kappa shape index (κ1) is 24.9. The van der Waals surface area contributed by atoms with Crippen LogP contribution in [-0.2, 0) is 9.53 Å². The number of nitrogens with one attached hydrogen (secondary N) is 1. The van der Waals surface area contributed by atoms with Crippen molar-refractivity contribution in [1.29, 1.82) is 0 Å². The maximum atomic E-state index is 13.7. The van der Waals surface area contributed by atoms with Crippen LogP contribution < -0.4 is 5.32 Å². The molecule has 5 rings (SSSR count). The Morgan fingerprint density at radius 3 is 2.33 bits per heavy atom. The quantitative estimate of drug-likeness (QED) is 0.639. The molecule has 0 aliphatic carbocycles. The highest BCUT2D eigenvalue weighted by atomic mass is 19.1. The molecule has 2 amide bonds. The van der Waals surface area contributed by atoms with Gasteiger partial charge in [-0.2, -0.15) is 0 Å². The molecular formula is C29H36FN3O3. The Labute approximate surface area is 212 Å². The Bertz CT molecular complexity index is 1070. The minimum atomic E-state index is -0.294. The van der Waals surface area contributed by atoms with Crippen molar-refractivity contribution in [1.82, 2.24) is 15.1 Å². The van der Waals surface area contributed by atoms with Crippen LogP contribution in [0, 0.1) is 37.4 Å². The van der Waals surface area contributed by atoms with E-state index in [9.17, 15) is 14.0 Å². The summed E-state index contributed by atoms with van der Waals surface area (Å²) in [5, 5.41) is 3.28.